The topological polar surface area (TPSA) is 46.2 Å². The van der Waals surface area contributed by atoms with Crippen molar-refractivity contribution in [1.29, 1.82) is 0 Å². The molecule has 1 saturated heterocycles. The maximum Gasteiger partial charge on any atom is 0.124 e. The first-order valence-electron chi connectivity index (χ1n) is 10.1. The van der Waals surface area contributed by atoms with E-state index < -0.39 is 0 Å². The molecule has 1 aliphatic heterocycles. The predicted molar refractivity (Wildman–Crippen MR) is 117 cm³/mol. The minimum absolute atomic E-state index is 0.344. The van der Waals surface area contributed by atoms with Gasteiger partial charge in [0.15, 0.2) is 0 Å². The number of methoxy groups -OCH3 is 1. The normalized spacial score (nSPS) is 20.0. The third kappa shape index (κ3) is 4.07. The summed E-state index contributed by atoms with van der Waals surface area (Å²) in [6, 6.07) is 15.8. The fraction of sp³-hybridized carbons (Fsp3) is 0.435. The van der Waals surface area contributed by atoms with Crippen LogP contribution in [0.2, 0.25) is 0 Å². The zero-order chi connectivity index (χ0) is 19.5. The predicted octanol–water partition coefficient (Wildman–Crippen LogP) is 5.01. The number of fused-ring (bicyclic) bond motifs is 1. The van der Waals surface area contributed by atoms with Crippen LogP contribution < -0.4 is 15.4 Å². The van der Waals surface area contributed by atoms with Gasteiger partial charge in [-0.05, 0) is 37.1 Å². The first-order chi connectivity index (χ1) is 13.7. The monoisotopic (exact) mass is 395 g/mol. The molecule has 2 heterocycles. The lowest BCUT2D eigenvalue weighted by molar-refractivity contribution is 0.303. The number of aromatic nitrogens is 1. The van der Waals surface area contributed by atoms with Gasteiger partial charge in [-0.15, -0.1) is 11.3 Å². The molecule has 0 spiro atoms. The van der Waals surface area contributed by atoms with E-state index in [-0.39, 0.29) is 0 Å². The van der Waals surface area contributed by atoms with Crippen LogP contribution in [0.1, 0.15) is 54.8 Å². The molecule has 0 amide bonds. The molecule has 1 aromatic heterocycles. The van der Waals surface area contributed by atoms with Crippen molar-refractivity contribution >= 4 is 21.6 Å². The number of nitrogens with zero attached hydrogens (tertiary/aromatic N) is 1. The molecule has 0 unspecified atom stereocenters. The van der Waals surface area contributed by atoms with Gasteiger partial charge in [-0.25, -0.2) is 4.98 Å². The lowest BCUT2D eigenvalue weighted by Gasteiger charge is -2.34. The summed E-state index contributed by atoms with van der Waals surface area (Å²) < 4.78 is 6.90. The van der Waals surface area contributed by atoms with Crippen molar-refractivity contribution < 1.29 is 4.74 Å². The Balaban J connectivity index is 1.55. The Morgan fingerprint density at radius 3 is 2.82 bits per heavy atom. The van der Waals surface area contributed by atoms with E-state index in [0.717, 1.165) is 24.4 Å². The van der Waals surface area contributed by atoms with Crippen molar-refractivity contribution in [2.75, 3.05) is 13.7 Å². The van der Waals surface area contributed by atoms with Crippen LogP contribution in [-0.2, 0) is 6.54 Å². The molecule has 0 radical (unpaired) electrons. The van der Waals surface area contributed by atoms with Gasteiger partial charge in [0.2, 0.25) is 0 Å². The Labute approximate surface area is 171 Å². The van der Waals surface area contributed by atoms with Gasteiger partial charge in [0.1, 0.15) is 5.75 Å². The summed E-state index contributed by atoms with van der Waals surface area (Å²) in [4.78, 5) is 4.83. The average Bonchev–Trinajstić information content (AvgIpc) is 3.15. The highest BCUT2D eigenvalue weighted by atomic mass is 32.1. The standard InChI is InChI=1S/C23H29N3OS/c1-15(2)23-26-19-12-17(20(27-3)13-21(19)28-23)14-25-18-10-7-11-24-22(18)16-8-5-4-6-9-16/h4-6,8-9,12-13,15,18,22,24-25H,7,10-11,14H2,1-3H3/t18-,22-/m0/s1. The lowest BCUT2D eigenvalue weighted by atomic mass is 9.92. The molecule has 1 fully saturated rings. The number of thiazole rings is 1. The largest absolute Gasteiger partial charge is 0.496 e. The van der Waals surface area contributed by atoms with Gasteiger partial charge in [-0.3, -0.25) is 0 Å². The molecule has 2 aromatic carbocycles. The van der Waals surface area contributed by atoms with Gasteiger partial charge in [-0.2, -0.15) is 0 Å². The van der Waals surface area contributed by atoms with Crippen molar-refractivity contribution in [2.24, 2.45) is 0 Å². The van der Waals surface area contributed by atoms with Crippen LogP contribution >= 0.6 is 11.3 Å². The van der Waals surface area contributed by atoms with Crippen molar-refractivity contribution in [3.05, 3.63) is 58.6 Å². The maximum absolute atomic E-state index is 5.70. The van der Waals surface area contributed by atoms with E-state index >= 15 is 0 Å². The molecule has 4 nitrogen and oxygen atoms in total. The van der Waals surface area contributed by atoms with E-state index in [4.69, 9.17) is 9.72 Å². The van der Waals surface area contributed by atoms with E-state index in [1.54, 1.807) is 18.4 Å². The van der Waals surface area contributed by atoms with Crippen LogP contribution in [0.25, 0.3) is 10.2 Å². The minimum atomic E-state index is 0.344. The highest BCUT2D eigenvalue weighted by molar-refractivity contribution is 7.18. The summed E-state index contributed by atoms with van der Waals surface area (Å²) >= 11 is 1.77. The van der Waals surface area contributed by atoms with Gasteiger partial charge >= 0.3 is 0 Å². The van der Waals surface area contributed by atoms with E-state index in [1.807, 2.05) is 0 Å². The summed E-state index contributed by atoms with van der Waals surface area (Å²) in [6.45, 7) is 6.24. The number of ether oxygens (including phenoxy) is 1. The molecule has 0 saturated carbocycles. The molecule has 2 atom stereocenters. The number of piperidine rings is 1. The zero-order valence-electron chi connectivity index (χ0n) is 16.9. The Kier molecular flexibility index (Phi) is 5.95. The molecule has 148 valence electrons. The second kappa shape index (κ2) is 8.60. The number of benzene rings is 2. The summed E-state index contributed by atoms with van der Waals surface area (Å²) in [6.07, 6.45) is 2.37. The van der Waals surface area contributed by atoms with Crippen LogP contribution in [0.15, 0.2) is 42.5 Å². The van der Waals surface area contributed by atoms with Crippen molar-refractivity contribution in [1.82, 2.24) is 15.6 Å². The minimum Gasteiger partial charge on any atom is -0.496 e. The van der Waals surface area contributed by atoms with E-state index in [9.17, 15) is 0 Å². The van der Waals surface area contributed by atoms with Crippen molar-refractivity contribution in [3.63, 3.8) is 0 Å². The smallest absolute Gasteiger partial charge is 0.124 e. The molecule has 4 rings (SSSR count). The average molecular weight is 396 g/mol. The summed E-state index contributed by atoms with van der Waals surface area (Å²) in [7, 11) is 1.75. The number of rotatable bonds is 6. The zero-order valence-corrected chi connectivity index (χ0v) is 17.7. The molecule has 0 aliphatic carbocycles. The number of nitrogens with one attached hydrogen (secondary N) is 2. The summed E-state index contributed by atoms with van der Waals surface area (Å²) in [5, 5.41) is 8.66. The van der Waals surface area contributed by atoms with Crippen LogP contribution in [0, 0.1) is 0 Å². The van der Waals surface area contributed by atoms with Crippen LogP contribution in [0.5, 0.6) is 5.75 Å². The summed E-state index contributed by atoms with van der Waals surface area (Å²) in [5.74, 6) is 1.39. The molecule has 0 bridgehead atoms. The van der Waals surface area contributed by atoms with Crippen molar-refractivity contribution in [3.8, 4) is 5.75 Å². The first kappa shape index (κ1) is 19.4. The van der Waals surface area contributed by atoms with Gasteiger partial charge in [0, 0.05) is 30.1 Å². The first-order valence-corrected chi connectivity index (χ1v) is 11.0. The Morgan fingerprint density at radius 2 is 2.07 bits per heavy atom. The second-order valence-electron chi connectivity index (χ2n) is 7.81. The molecule has 28 heavy (non-hydrogen) atoms. The quantitative estimate of drug-likeness (QED) is 0.616. The Bertz CT molecular complexity index is 922. The van der Waals surface area contributed by atoms with Crippen molar-refractivity contribution in [2.45, 2.75) is 51.2 Å². The maximum atomic E-state index is 5.70. The van der Waals surface area contributed by atoms with Crippen LogP contribution in [0.4, 0.5) is 0 Å². The Morgan fingerprint density at radius 1 is 1.25 bits per heavy atom. The van der Waals surface area contributed by atoms with Gasteiger partial charge in [0.05, 0.1) is 22.3 Å². The van der Waals surface area contributed by atoms with Gasteiger partial charge in [-0.1, -0.05) is 44.2 Å². The van der Waals surface area contributed by atoms with E-state index in [0.29, 0.717) is 18.0 Å². The SMILES string of the molecule is COc1cc2sc(C(C)C)nc2cc1CN[C@H]1CCCN[C@H]1c1ccccc1. The van der Waals surface area contributed by atoms with E-state index in [2.05, 4.69) is 66.9 Å². The molecule has 2 N–H and O–H groups in total. The molecule has 5 heteroatoms. The molecule has 1 aliphatic rings. The highest BCUT2D eigenvalue weighted by Crippen LogP contribution is 2.33. The van der Waals surface area contributed by atoms with Crippen LogP contribution in [0.3, 0.4) is 0 Å². The summed E-state index contributed by atoms with van der Waals surface area (Å²) in [5.41, 5.74) is 3.60. The fourth-order valence-electron chi connectivity index (χ4n) is 3.95. The third-order valence-electron chi connectivity index (χ3n) is 5.47. The lowest BCUT2D eigenvalue weighted by Crippen LogP contribution is -2.45. The third-order valence-corrected chi connectivity index (χ3v) is 6.79. The van der Waals surface area contributed by atoms with Crippen LogP contribution in [-0.4, -0.2) is 24.7 Å². The highest BCUT2D eigenvalue weighted by Gasteiger charge is 2.26. The van der Waals surface area contributed by atoms with E-state index in [1.165, 1.54) is 33.7 Å². The fourth-order valence-corrected chi connectivity index (χ4v) is 4.93. The second-order valence-corrected chi connectivity index (χ2v) is 8.87. The van der Waals surface area contributed by atoms with Gasteiger partial charge in [0.25, 0.3) is 0 Å². The Hall–Kier alpha value is -1.95. The molecular formula is C23H29N3OS. The molecule has 3 aromatic rings. The number of hydrogen-bond acceptors (Lipinski definition) is 5. The number of hydrogen-bond donors (Lipinski definition) is 2. The van der Waals surface area contributed by atoms with Gasteiger partial charge < -0.3 is 15.4 Å². The molecular weight excluding hydrogens is 366 g/mol.